The number of thiophene rings is 1. The van der Waals surface area contributed by atoms with E-state index in [0.29, 0.717) is 0 Å². The normalized spacial score (nSPS) is 20.1. The molecule has 1 aliphatic rings. The third kappa shape index (κ3) is 2.70. The Morgan fingerprint density at radius 2 is 2.21 bits per heavy atom. The van der Waals surface area contributed by atoms with Crippen LogP contribution in [-0.4, -0.2) is 5.11 Å². The van der Waals surface area contributed by atoms with E-state index in [-0.39, 0.29) is 6.10 Å². The van der Waals surface area contributed by atoms with Crippen LogP contribution in [0.3, 0.4) is 0 Å². The van der Waals surface area contributed by atoms with Crippen molar-refractivity contribution in [3.8, 4) is 0 Å². The highest BCUT2D eigenvalue weighted by molar-refractivity contribution is 14.1. The van der Waals surface area contributed by atoms with Gasteiger partial charge in [0.1, 0.15) is 0 Å². The van der Waals surface area contributed by atoms with Gasteiger partial charge < -0.3 is 5.11 Å². The zero-order valence-corrected chi connectivity index (χ0v) is 11.1. The van der Waals surface area contributed by atoms with Crippen LogP contribution in [-0.2, 0) is 0 Å². The minimum absolute atomic E-state index is 0.224. The van der Waals surface area contributed by atoms with Crippen LogP contribution < -0.4 is 0 Å². The SMILES string of the molecule is OC(CC1CCCC1)c1csc(I)c1. The zero-order valence-electron chi connectivity index (χ0n) is 8.08. The fourth-order valence-electron chi connectivity index (χ4n) is 2.20. The van der Waals surface area contributed by atoms with Crippen molar-refractivity contribution in [1.82, 2.24) is 0 Å². The van der Waals surface area contributed by atoms with Gasteiger partial charge in [0, 0.05) is 0 Å². The van der Waals surface area contributed by atoms with Crippen molar-refractivity contribution in [3.05, 3.63) is 19.9 Å². The summed E-state index contributed by atoms with van der Waals surface area (Å²) in [6.07, 6.45) is 6.10. The van der Waals surface area contributed by atoms with Crippen molar-refractivity contribution in [2.24, 2.45) is 5.92 Å². The lowest BCUT2D eigenvalue weighted by molar-refractivity contribution is 0.145. The van der Waals surface area contributed by atoms with Crippen LogP contribution in [0, 0.1) is 8.80 Å². The maximum Gasteiger partial charge on any atom is 0.0801 e. The molecular formula is C11H15IOS. The molecule has 0 radical (unpaired) electrons. The van der Waals surface area contributed by atoms with Crippen molar-refractivity contribution in [3.63, 3.8) is 0 Å². The predicted octanol–water partition coefficient (Wildman–Crippen LogP) is 3.97. The average Bonchev–Trinajstić information content (AvgIpc) is 2.75. The van der Waals surface area contributed by atoms with Crippen LogP contribution >= 0.6 is 33.9 Å². The molecular weight excluding hydrogens is 307 g/mol. The first kappa shape index (κ1) is 10.9. The summed E-state index contributed by atoms with van der Waals surface area (Å²) in [6.45, 7) is 0. The van der Waals surface area contributed by atoms with Gasteiger partial charge in [-0.3, -0.25) is 0 Å². The van der Waals surface area contributed by atoms with Crippen molar-refractivity contribution in [2.75, 3.05) is 0 Å². The largest absolute Gasteiger partial charge is 0.388 e. The van der Waals surface area contributed by atoms with Crippen LogP contribution in [0.15, 0.2) is 11.4 Å². The summed E-state index contributed by atoms with van der Waals surface area (Å²) in [7, 11) is 0. The lowest BCUT2D eigenvalue weighted by atomic mass is 9.97. The number of aliphatic hydroxyl groups excluding tert-OH is 1. The molecule has 1 nitrogen and oxygen atoms in total. The van der Waals surface area contributed by atoms with E-state index in [4.69, 9.17) is 0 Å². The Kier molecular flexibility index (Phi) is 3.85. The Morgan fingerprint density at radius 3 is 2.79 bits per heavy atom. The molecule has 1 atom stereocenters. The summed E-state index contributed by atoms with van der Waals surface area (Å²) in [5, 5.41) is 12.1. The smallest absolute Gasteiger partial charge is 0.0801 e. The maximum absolute atomic E-state index is 10.00. The highest BCUT2D eigenvalue weighted by atomic mass is 127. The molecule has 0 amide bonds. The van der Waals surface area contributed by atoms with Gasteiger partial charge in [-0.15, -0.1) is 11.3 Å². The summed E-state index contributed by atoms with van der Waals surface area (Å²) in [5.41, 5.74) is 1.12. The predicted molar refractivity (Wildman–Crippen MR) is 68.6 cm³/mol. The van der Waals surface area contributed by atoms with E-state index in [1.165, 1.54) is 28.6 Å². The second kappa shape index (κ2) is 4.94. The topological polar surface area (TPSA) is 20.2 Å². The van der Waals surface area contributed by atoms with Gasteiger partial charge in [-0.25, -0.2) is 0 Å². The zero-order chi connectivity index (χ0) is 9.97. The third-order valence-electron chi connectivity index (χ3n) is 3.00. The highest BCUT2D eigenvalue weighted by Gasteiger charge is 2.20. The molecule has 0 bridgehead atoms. The second-order valence-corrected chi connectivity index (χ2v) is 6.89. The molecule has 0 aliphatic heterocycles. The quantitative estimate of drug-likeness (QED) is 0.835. The van der Waals surface area contributed by atoms with Crippen LogP contribution in [0.2, 0.25) is 0 Å². The molecule has 14 heavy (non-hydrogen) atoms. The van der Waals surface area contributed by atoms with Gasteiger partial charge in [-0.1, -0.05) is 25.7 Å². The lowest BCUT2D eigenvalue weighted by Gasteiger charge is -2.13. The van der Waals surface area contributed by atoms with E-state index in [0.717, 1.165) is 17.9 Å². The number of hydrogen-bond donors (Lipinski definition) is 1. The molecule has 2 rings (SSSR count). The van der Waals surface area contributed by atoms with Crippen LogP contribution in [0.4, 0.5) is 0 Å². The van der Waals surface area contributed by atoms with Gasteiger partial charge in [-0.05, 0) is 51.9 Å². The maximum atomic E-state index is 10.00. The summed E-state index contributed by atoms with van der Waals surface area (Å²) in [6, 6.07) is 2.10. The molecule has 78 valence electrons. The molecule has 1 saturated carbocycles. The van der Waals surface area contributed by atoms with Gasteiger partial charge in [0.2, 0.25) is 0 Å². The number of halogens is 1. The van der Waals surface area contributed by atoms with Gasteiger partial charge in [0.05, 0.1) is 8.99 Å². The summed E-state index contributed by atoms with van der Waals surface area (Å²) in [4.78, 5) is 0. The molecule has 1 aromatic rings. The first-order valence-corrected chi connectivity index (χ1v) is 7.13. The first-order chi connectivity index (χ1) is 6.75. The standard InChI is InChI=1S/C11H15IOS/c12-11-6-9(7-14-11)10(13)5-8-3-1-2-4-8/h6-8,10,13H,1-5H2. The fraction of sp³-hybridized carbons (Fsp3) is 0.636. The Labute approximate surface area is 103 Å². The lowest BCUT2D eigenvalue weighted by Crippen LogP contribution is -2.03. The number of rotatable bonds is 3. The van der Waals surface area contributed by atoms with Gasteiger partial charge in [0.15, 0.2) is 0 Å². The monoisotopic (exact) mass is 322 g/mol. The molecule has 0 spiro atoms. The van der Waals surface area contributed by atoms with E-state index in [9.17, 15) is 5.11 Å². The average molecular weight is 322 g/mol. The van der Waals surface area contributed by atoms with Crippen molar-refractivity contribution < 1.29 is 5.11 Å². The molecule has 0 saturated heterocycles. The summed E-state index contributed by atoms with van der Waals surface area (Å²) < 4.78 is 1.27. The third-order valence-corrected chi connectivity index (χ3v) is 4.81. The van der Waals surface area contributed by atoms with Gasteiger partial charge in [-0.2, -0.15) is 0 Å². The van der Waals surface area contributed by atoms with Crippen LogP contribution in [0.1, 0.15) is 43.8 Å². The van der Waals surface area contributed by atoms with Gasteiger partial charge >= 0.3 is 0 Å². The molecule has 1 heterocycles. The fourth-order valence-corrected chi connectivity index (χ4v) is 3.61. The van der Waals surface area contributed by atoms with E-state index >= 15 is 0 Å². The summed E-state index contributed by atoms with van der Waals surface area (Å²) >= 11 is 4.02. The van der Waals surface area contributed by atoms with Crippen molar-refractivity contribution in [2.45, 2.75) is 38.2 Å². The Morgan fingerprint density at radius 1 is 1.50 bits per heavy atom. The van der Waals surface area contributed by atoms with E-state index in [2.05, 4.69) is 34.0 Å². The van der Waals surface area contributed by atoms with Crippen LogP contribution in [0.5, 0.6) is 0 Å². The van der Waals surface area contributed by atoms with Crippen molar-refractivity contribution >= 4 is 33.9 Å². The molecule has 1 N–H and O–H groups in total. The van der Waals surface area contributed by atoms with Crippen LogP contribution in [0.25, 0.3) is 0 Å². The van der Waals surface area contributed by atoms with E-state index in [1.807, 2.05) is 0 Å². The number of aliphatic hydroxyl groups is 1. The Bertz CT molecular complexity index is 291. The van der Waals surface area contributed by atoms with E-state index < -0.39 is 0 Å². The molecule has 0 aromatic carbocycles. The minimum Gasteiger partial charge on any atom is -0.388 e. The Hall–Kier alpha value is 0.390. The molecule has 3 heteroatoms. The molecule has 1 aliphatic carbocycles. The summed E-state index contributed by atoms with van der Waals surface area (Å²) in [5.74, 6) is 0.766. The number of hydrogen-bond acceptors (Lipinski definition) is 2. The first-order valence-electron chi connectivity index (χ1n) is 5.17. The highest BCUT2D eigenvalue weighted by Crippen LogP contribution is 2.34. The molecule has 1 aromatic heterocycles. The molecule has 1 fully saturated rings. The van der Waals surface area contributed by atoms with Crippen molar-refractivity contribution in [1.29, 1.82) is 0 Å². The minimum atomic E-state index is -0.224. The van der Waals surface area contributed by atoms with Gasteiger partial charge in [0.25, 0.3) is 0 Å². The second-order valence-electron chi connectivity index (χ2n) is 4.09. The van der Waals surface area contributed by atoms with E-state index in [1.54, 1.807) is 11.3 Å². The Balaban J connectivity index is 1.91. The molecule has 1 unspecified atom stereocenters.